The van der Waals surface area contributed by atoms with Gasteiger partial charge in [0.2, 0.25) is 0 Å². The van der Waals surface area contributed by atoms with Gasteiger partial charge in [-0.25, -0.2) is 0 Å². The highest BCUT2D eigenvalue weighted by molar-refractivity contribution is 6.00. The fraction of sp³-hybridized carbons (Fsp3) is 0.588. The SMILES string of the molecule is COC(=O)CCCCC(O)C=CC1=C(CCC(=O)O)C(=O)CC1O. The van der Waals surface area contributed by atoms with Crippen molar-refractivity contribution in [1.82, 2.24) is 0 Å². The van der Waals surface area contributed by atoms with Crippen LogP contribution in [0.15, 0.2) is 23.3 Å². The molecule has 0 aromatic heterocycles. The fourth-order valence-electron chi connectivity index (χ4n) is 2.53. The summed E-state index contributed by atoms with van der Waals surface area (Å²) < 4.78 is 4.52. The Labute approximate surface area is 140 Å². The zero-order valence-electron chi connectivity index (χ0n) is 13.7. The number of carbonyl (C=O) groups is 3. The van der Waals surface area contributed by atoms with Crippen molar-refractivity contribution in [1.29, 1.82) is 0 Å². The zero-order valence-corrected chi connectivity index (χ0v) is 13.7. The third-order valence-electron chi connectivity index (χ3n) is 3.87. The monoisotopic (exact) mass is 340 g/mol. The molecule has 0 aromatic rings. The number of ketones is 1. The van der Waals surface area contributed by atoms with E-state index in [0.29, 0.717) is 36.8 Å². The Morgan fingerprint density at radius 1 is 1.33 bits per heavy atom. The van der Waals surface area contributed by atoms with Crippen molar-refractivity contribution in [2.45, 2.75) is 57.2 Å². The van der Waals surface area contributed by atoms with Crippen LogP contribution in [-0.2, 0) is 19.1 Å². The second kappa shape index (κ2) is 10.00. The predicted octanol–water partition coefficient (Wildman–Crippen LogP) is 1.13. The summed E-state index contributed by atoms with van der Waals surface area (Å²) in [6, 6.07) is 0. The first-order valence-electron chi connectivity index (χ1n) is 7.94. The number of rotatable bonds is 10. The van der Waals surface area contributed by atoms with Gasteiger partial charge in [-0.1, -0.05) is 12.2 Å². The average Bonchev–Trinajstić information content (AvgIpc) is 2.80. The molecule has 0 fully saturated rings. The van der Waals surface area contributed by atoms with Gasteiger partial charge >= 0.3 is 11.9 Å². The Morgan fingerprint density at radius 3 is 2.67 bits per heavy atom. The largest absolute Gasteiger partial charge is 0.481 e. The number of aliphatic hydroxyl groups excluding tert-OH is 2. The van der Waals surface area contributed by atoms with E-state index < -0.39 is 18.2 Å². The Morgan fingerprint density at radius 2 is 2.04 bits per heavy atom. The van der Waals surface area contributed by atoms with Crippen LogP contribution in [-0.4, -0.2) is 52.4 Å². The van der Waals surface area contributed by atoms with E-state index in [9.17, 15) is 24.6 Å². The van der Waals surface area contributed by atoms with Crippen molar-refractivity contribution < 1.29 is 34.4 Å². The average molecular weight is 340 g/mol. The van der Waals surface area contributed by atoms with E-state index >= 15 is 0 Å². The summed E-state index contributed by atoms with van der Waals surface area (Å²) in [7, 11) is 1.32. The van der Waals surface area contributed by atoms with Crippen LogP contribution < -0.4 is 0 Å². The maximum Gasteiger partial charge on any atom is 0.305 e. The van der Waals surface area contributed by atoms with Crippen molar-refractivity contribution in [2.75, 3.05) is 7.11 Å². The lowest BCUT2D eigenvalue weighted by molar-refractivity contribution is -0.141. The zero-order chi connectivity index (χ0) is 18.1. The molecular formula is C17H24O7. The van der Waals surface area contributed by atoms with E-state index in [2.05, 4.69) is 4.74 Å². The molecule has 0 heterocycles. The number of Topliss-reactive ketones (excluding diaryl/α,β-unsaturated/α-hetero) is 1. The first kappa shape index (κ1) is 20.1. The smallest absolute Gasteiger partial charge is 0.305 e. The van der Waals surface area contributed by atoms with E-state index in [1.807, 2.05) is 0 Å². The Bertz CT molecular complexity index is 533. The number of esters is 1. The Balaban J connectivity index is 2.56. The molecule has 0 amide bonds. The van der Waals surface area contributed by atoms with Gasteiger partial charge in [0.15, 0.2) is 5.78 Å². The summed E-state index contributed by atoms with van der Waals surface area (Å²) in [5.41, 5.74) is 0.703. The van der Waals surface area contributed by atoms with Gasteiger partial charge in [0.1, 0.15) is 0 Å². The van der Waals surface area contributed by atoms with Crippen LogP contribution in [0.1, 0.15) is 44.9 Å². The lowest BCUT2D eigenvalue weighted by Gasteiger charge is -2.08. The summed E-state index contributed by atoms with van der Waals surface area (Å²) >= 11 is 0. The predicted molar refractivity (Wildman–Crippen MR) is 85.2 cm³/mol. The molecular weight excluding hydrogens is 316 g/mol. The van der Waals surface area contributed by atoms with Crippen LogP contribution in [0.4, 0.5) is 0 Å². The Hall–Kier alpha value is -1.99. The number of unbranched alkanes of at least 4 members (excludes halogenated alkanes) is 1. The third kappa shape index (κ3) is 6.64. The van der Waals surface area contributed by atoms with Gasteiger partial charge in [0.25, 0.3) is 0 Å². The molecule has 0 aliphatic heterocycles. The standard InChI is InChI=1S/C17H24O7/c1-24-17(23)5-3-2-4-11(18)6-7-12-13(8-9-16(21)22)15(20)10-14(12)19/h6-7,11,14,18-19H,2-5,8-10H2,1H3,(H,21,22). The number of aliphatic hydroxyl groups is 2. The maximum atomic E-state index is 11.8. The van der Waals surface area contributed by atoms with Crippen LogP contribution in [0.5, 0.6) is 0 Å². The minimum Gasteiger partial charge on any atom is -0.481 e. The lowest BCUT2D eigenvalue weighted by Crippen LogP contribution is -2.07. The molecule has 134 valence electrons. The molecule has 24 heavy (non-hydrogen) atoms. The molecule has 7 heteroatoms. The number of ether oxygens (including phenoxy) is 1. The number of allylic oxidation sites excluding steroid dienone is 1. The van der Waals surface area contributed by atoms with Crippen LogP contribution in [0.3, 0.4) is 0 Å². The molecule has 2 unspecified atom stereocenters. The van der Waals surface area contributed by atoms with Crippen LogP contribution in [0.2, 0.25) is 0 Å². The molecule has 2 atom stereocenters. The van der Waals surface area contributed by atoms with Gasteiger partial charge in [0, 0.05) is 24.8 Å². The van der Waals surface area contributed by atoms with Crippen molar-refractivity contribution >= 4 is 17.7 Å². The van der Waals surface area contributed by atoms with Gasteiger partial charge < -0.3 is 20.1 Å². The molecule has 1 rings (SSSR count). The summed E-state index contributed by atoms with van der Waals surface area (Å²) in [5, 5.41) is 28.5. The Kier molecular flexibility index (Phi) is 8.35. The first-order chi connectivity index (χ1) is 11.3. The number of hydrogen-bond donors (Lipinski definition) is 3. The quantitative estimate of drug-likeness (QED) is 0.402. The first-order valence-corrected chi connectivity index (χ1v) is 7.94. The minimum atomic E-state index is -1.01. The number of carboxylic acids is 1. The van der Waals surface area contributed by atoms with Gasteiger partial charge in [0.05, 0.1) is 19.3 Å². The van der Waals surface area contributed by atoms with Gasteiger partial charge in [-0.3, -0.25) is 14.4 Å². The van der Waals surface area contributed by atoms with E-state index in [0.717, 1.165) is 0 Å². The topological polar surface area (TPSA) is 121 Å². The van der Waals surface area contributed by atoms with Crippen LogP contribution in [0.25, 0.3) is 0 Å². The van der Waals surface area contributed by atoms with Crippen molar-refractivity contribution in [3.05, 3.63) is 23.3 Å². The number of hydrogen-bond acceptors (Lipinski definition) is 6. The number of aliphatic carboxylic acids is 1. The molecule has 3 N–H and O–H groups in total. The van der Waals surface area contributed by atoms with Crippen LogP contribution in [0, 0.1) is 0 Å². The summed E-state index contributed by atoms with van der Waals surface area (Å²) in [6.45, 7) is 0. The normalized spacial score (nSPS) is 19.1. The molecule has 0 saturated heterocycles. The van der Waals surface area contributed by atoms with Crippen molar-refractivity contribution in [2.24, 2.45) is 0 Å². The maximum absolute atomic E-state index is 11.8. The lowest BCUT2D eigenvalue weighted by atomic mass is 10.0. The fourth-order valence-corrected chi connectivity index (χ4v) is 2.53. The molecule has 7 nitrogen and oxygen atoms in total. The van der Waals surface area contributed by atoms with E-state index in [4.69, 9.17) is 5.11 Å². The van der Waals surface area contributed by atoms with Gasteiger partial charge in [-0.05, 0) is 31.3 Å². The molecule has 1 aliphatic carbocycles. The number of methoxy groups -OCH3 is 1. The molecule has 0 bridgehead atoms. The molecule has 0 saturated carbocycles. The summed E-state index contributed by atoms with van der Waals surface area (Å²) in [4.78, 5) is 33.4. The minimum absolute atomic E-state index is 0.0517. The molecule has 0 spiro atoms. The highest BCUT2D eigenvalue weighted by atomic mass is 16.5. The van der Waals surface area contributed by atoms with Crippen molar-refractivity contribution in [3.8, 4) is 0 Å². The third-order valence-corrected chi connectivity index (χ3v) is 3.87. The van der Waals surface area contributed by atoms with E-state index in [-0.39, 0.29) is 31.0 Å². The van der Waals surface area contributed by atoms with E-state index in [1.165, 1.54) is 19.3 Å². The number of carbonyl (C=O) groups excluding carboxylic acids is 2. The second-order valence-corrected chi connectivity index (χ2v) is 5.72. The van der Waals surface area contributed by atoms with Crippen molar-refractivity contribution in [3.63, 3.8) is 0 Å². The number of carboxylic acid groups (broad SMARTS) is 1. The molecule has 0 aromatic carbocycles. The van der Waals surface area contributed by atoms with Gasteiger partial charge in [-0.15, -0.1) is 0 Å². The second-order valence-electron chi connectivity index (χ2n) is 5.72. The van der Waals surface area contributed by atoms with Gasteiger partial charge in [-0.2, -0.15) is 0 Å². The van der Waals surface area contributed by atoms with Crippen LogP contribution >= 0.6 is 0 Å². The molecule has 0 radical (unpaired) electrons. The summed E-state index contributed by atoms with van der Waals surface area (Å²) in [5.74, 6) is -1.55. The highest BCUT2D eigenvalue weighted by Crippen LogP contribution is 2.28. The summed E-state index contributed by atoms with van der Waals surface area (Å²) in [6.07, 6.45) is 3.07. The highest BCUT2D eigenvalue weighted by Gasteiger charge is 2.29. The van der Waals surface area contributed by atoms with E-state index in [1.54, 1.807) is 0 Å². The molecule has 1 aliphatic rings.